The van der Waals surface area contributed by atoms with E-state index in [1.807, 2.05) is 45.9 Å². The number of amides is 3. The summed E-state index contributed by atoms with van der Waals surface area (Å²) in [5, 5.41) is 6.18. The van der Waals surface area contributed by atoms with Crippen molar-refractivity contribution in [1.29, 1.82) is 0 Å². The molecule has 2 aliphatic rings. The van der Waals surface area contributed by atoms with Gasteiger partial charge >= 0.3 is 6.09 Å². The summed E-state index contributed by atoms with van der Waals surface area (Å²) >= 11 is 0. The van der Waals surface area contributed by atoms with Crippen molar-refractivity contribution in [2.45, 2.75) is 130 Å². The third-order valence-corrected chi connectivity index (χ3v) is 8.04. The van der Waals surface area contributed by atoms with Crippen LogP contribution < -0.4 is 10.6 Å². The fourth-order valence-electron chi connectivity index (χ4n) is 5.45. The molecule has 7 heteroatoms. The zero-order chi connectivity index (χ0) is 28.2. The number of aryl methyl sites for hydroxylation is 2. The number of alkyl carbamates (subject to hydrolysis) is 1. The first-order valence-electron chi connectivity index (χ1n) is 14.5. The van der Waals surface area contributed by atoms with Crippen LogP contribution in [0.4, 0.5) is 4.79 Å². The van der Waals surface area contributed by atoms with Crippen LogP contribution in [0.5, 0.6) is 0 Å². The topological polar surface area (TPSA) is 87.7 Å². The largest absolute Gasteiger partial charge is 0.444 e. The molecule has 0 bridgehead atoms. The van der Waals surface area contributed by atoms with Gasteiger partial charge in [0.2, 0.25) is 11.8 Å². The second-order valence-corrected chi connectivity index (χ2v) is 12.6. The van der Waals surface area contributed by atoms with E-state index in [-0.39, 0.29) is 35.7 Å². The number of benzene rings is 1. The van der Waals surface area contributed by atoms with E-state index in [0.29, 0.717) is 6.42 Å². The van der Waals surface area contributed by atoms with Gasteiger partial charge in [0.25, 0.3) is 0 Å². The van der Waals surface area contributed by atoms with Crippen LogP contribution in [0.3, 0.4) is 0 Å². The lowest BCUT2D eigenvalue weighted by molar-refractivity contribution is -0.144. The van der Waals surface area contributed by atoms with E-state index in [2.05, 4.69) is 17.6 Å². The Morgan fingerprint density at radius 2 is 1.74 bits per heavy atom. The Morgan fingerprint density at radius 1 is 1.11 bits per heavy atom. The standard InChI is InChI=1S/C31H49N3O4/c1-9-20(3)26(33-30(37)38-31(6,7)8)29(36)34(25-18-22(25)5)27(24-17-19(2)15-16-21(24)4)28(35)32-23-13-11-10-12-14-23/h15-17,20,22-23,25-27H,9-14,18H2,1-8H3,(H,32,35)(H,33,37). The Labute approximate surface area is 229 Å². The second kappa shape index (κ2) is 12.5. The number of nitrogens with one attached hydrogen (secondary N) is 2. The molecule has 7 nitrogen and oxygen atoms in total. The number of hydrogen-bond donors (Lipinski definition) is 2. The van der Waals surface area contributed by atoms with Gasteiger partial charge in [0.1, 0.15) is 17.7 Å². The van der Waals surface area contributed by atoms with E-state index in [1.165, 1.54) is 6.42 Å². The van der Waals surface area contributed by atoms with Crippen LogP contribution in [0.15, 0.2) is 18.2 Å². The number of carbonyl (C=O) groups is 3. The van der Waals surface area contributed by atoms with Crippen molar-refractivity contribution in [1.82, 2.24) is 15.5 Å². The predicted octanol–water partition coefficient (Wildman–Crippen LogP) is 5.97. The summed E-state index contributed by atoms with van der Waals surface area (Å²) < 4.78 is 5.52. The average Bonchev–Trinajstić information content (AvgIpc) is 3.56. The highest BCUT2D eigenvalue weighted by Crippen LogP contribution is 2.42. The van der Waals surface area contributed by atoms with Crippen LogP contribution in [-0.4, -0.2) is 46.5 Å². The van der Waals surface area contributed by atoms with Gasteiger partial charge in [-0.25, -0.2) is 4.79 Å². The first-order valence-corrected chi connectivity index (χ1v) is 14.5. The van der Waals surface area contributed by atoms with Crippen LogP contribution in [0, 0.1) is 25.7 Å². The highest BCUT2D eigenvalue weighted by molar-refractivity contribution is 5.93. The minimum absolute atomic E-state index is 0.0588. The van der Waals surface area contributed by atoms with Crippen LogP contribution in [0.25, 0.3) is 0 Å². The average molecular weight is 528 g/mol. The maximum absolute atomic E-state index is 14.5. The number of ether oxygens (including phenoxy) is 1. The highest BCUT2D eigenvalue weighted by atomic mass is 16.6. The number of rotatable bonds is 9. The summed E-state index contributed by atoms with van der Waals surface area (Å²) in [6.45, 7) is 15.5. The molecule has 3 rings (SSSR count). The van der Waals surface area contributed by atoms with Gasteiger partial charge in [-0.15, -0.1) is 0 Å². The van der Waals surface area contributed by atoms with Gasteiger partial charge in [-0.05, 0) is 76.8 Å². The van der Waals surface area contributed by atoms with Crippen LogP contribution in [0.1, 0.15) is 109 Å². The summed E-state index contributed by atoms with van der Waals surface area (Å²) in [6.07, 6.45) is 6.27. The van der Waals surface area contributed by atoms with Gasteiger partial charge in [-0.3, -0.25) is 9.59 Å². The van der Waals surface area contributed by atoms with Crippen molar-refractivity contribution in [2.75, 3.05) is 0 Å². The maximum atomic E-state index is 14.5. The molecule has 0 radical (unpaired) electrons. The lowest BCUT2D eigenvalue weighted by Crippen LogP contribution is -2.56. The van der Waals surface area contributed by atoms with E-state index in [0.717, 1.165) is 48.8 Å². The second-order valence-electron chi connectivity index (χ2n) is 12.6. The quantitative estimate of drug-likeness (QED) is 0.414. The molecule has 0 aliphatic heterocycles. The van der Waals surface area contributed by atoms with E-state index in [9.17, 15) is 14.4 Å². The summed E-state index contributed by atoms with van der Waals surface area (Å²) in [5.41, 5.74) is 2.19. The Hall–Kier alpha value is -2.57. The van der Waals surface area contributed by atoms with Crippen molar-refractivity contribution < 1.29 is 19.1 Å². The predicted molar refractivity (Wildman–Crippen MR) is 151 cm³/mol. The first kappa shape index (κ1) is 30.0. The minimum Gasteiger partial charge on any atom is -0.444 e. The normalized spacial score (nSPS) is 22.1. The Kier molecular flexibility index (Phi) is 9.88. The van der Waals surface area contributed by atoms with Gasteiger partial charge in [0.15, 0.2) is 0 Å². The lowest BCUT2D eigenvalue weighted by Gasteiger charge is -2.38. The number of hydrogen-bond acceptors (Lipinski definition) is 4. The van der Waals surface area contributed by atoms with Crippen molar-refractivity contribution in [3.05, 3.63) is 34.9 Å². The van der Waals surface area contributed by atoms with Crippen molar-refractivity contribution in [3.8, 4) is 0 Å². The molecule has 0 heterocycles. The number of nitrogens with zero attached hydrogens (tertiary/aromatic N) is 1. The zero-order valence-corrected chi connectivity index (χ0v) is 24.7. The molecule has 2 fully saturated rings. The zero-order valence-electron chi connectivity index (χ0n) is 24.7. The Balaban J connectivity index is 2.02. The molecule has 1 aromatic carbocycles. The fraction of sp³-hybridized carbons (Fsp3) is 0.710. The van der Waals surface area contributed by atoms with Crippen LogP contribution >= 0.6 is 0 Å². The molecule has 3 amide bonds. The summed E-state index contributed by atoms with van der Waals surface area (Å²) in [4.78, 5) is 43.2. The third kappa shape index (κ3) is 7.73. The van der Waals surface area contributed by atoms with E-state index >= 15 is 0 Å². The molecule has 0 spiro atoms. The highest BCUT2D eigenvalue weighted by Gasteiger charge is 2.49. The van der Waals surface area contributed by atoms with Crippen molar-refractivity contribution in [3.63, 3.8) is 0 Å². The van der Waals surface area contributed by atoms with E-state index in [4.69, 9.17) is 4.74 Å². The molecule has 1 aromatic rings. The SMILES string of the molecule is CCC(C)C(NC(=O)OC(C)(C)C)C(=O)N(C(C(=O)NC1CCCCC1)c1cc(C)ccc1C)C1CC1C. The summed E-state index contributed by atoms with van der Waals surface area (Å²) in [6, 6.07) is 4.61. The first-order chi connectivity index (χ1) is 17.8. The van der Waals surface area contributed by atoms with Gasteiger partial charge in [-0.2, -0.15) is 0 Å². The minimum atomic E-state index is -0.794. The Morgan fingerprint density at radius 3 is 2.29 bits per heavy atom. The Bertz CT molecular complexity index is 995. The molecule has 38 heavy (non-hydrogen) atoms. The molecule has 0 aromatic heterocycles. The molecule has 2 saturated carbocycles. The van der Waals surface area contributed by atoms with E-state index in [1.54, 1.807) is 25.7 Å². The smallest absolute Gasteiger partial charge is 0.408 e. The van der Waals surface area contributed by atoms with Crippen molar-refractivity contribution >= 4 is 17.9 Å². The van der Waals surface area contributed by atoms with Gasteiger partial charge in [0, 0.05) is 12.1 Å². The van der Waals surface area contributed by atoms with Gasteiger partial charge in [0.05, 0.1) is 0 Å². The summed E-state index contributed by atoms with van der Waals surface area (Å²) in [5.74, 6) is -0.192. The monoisotopic (exact) mass is 527 g/mol. The number of carbonyl (C=O) groups excluding carboxylic acids is 3. The fourth-order valence-corrected chi connectivity index (χ4v) is 5.45. The van der Waals surface area contributed by atoms with Crippen LogP contribution in [0.2, 0.25) is 0 Å². The lowest BCUT2D eigenvalue weighted by atomic mass is 9.92. The molecular weight excluding hydrogens is 478 g/mol. The molecule has 5 unspecified atom stereocenters. The van der Waals surface area contributed by atoms with Gasteiger partial charge < -0.3 is 20.3 Å². The molecular formula is C31H49N3O4. The van der Waals surface area contributed by atoms with Crippen molar-refractivity contribution in [2.24, 2.45) is 11.8 Å². The molecule has 0 saturated heterocycles. The molecule has 5 atom stereocenters. The van der Waals surface area contributed by atoms with Gasteiger partial charge in [-0.1, -0.05) is 70.2 Å². The van der Waals surface area contributed by atoms with Crippen LogP contribution in [-0.2, 0) is 14.3 Å². The van der Waals surface area contributed by atoms with E-state index < -0.39 is 23.8 Å². The molecule has 2 aliphatic carbocycles. The molecule has 2 N–H and O–H groups in total. The third-order valence-electron chi connectivity index (χ3n) is 8.04. The molecule has 212 valence electrons. The summed E-state index contributed by atoms with van der Waals surface area (Å²) in [7, 11) is 0. The maximum Gasteiger partial charge on any atom is 0.408 e.